The molecule has 0 spiro atoms. The van der Waals surface area contributed by atoms with Crippen LogP contribution in [0.4, 0.5) is 0 Å². The Bertz CT molecular complexity index is 248. The summed E-state index contributed by atoms with van der Waals surface area (Å²) >= 11 is 0. The molecule has 0 aromatic carbocycles. The normalized spacial score (nSPS) is 39.4. The Balaban J connectivity index is 2.66. The third-order valence-electron chi connectivity index (χ3n) is 2.73. The summed E-state index contributed by atoms with van der Waals surface area (Å²) in [6, 6.07) is 0. The topological polar surface area (TPSA) is 136 Å². The Labute approximate surface area is 92.9 Å². The second-order valence-corrected chi connectivity index (χ2v) is 4.11. The van der Waals surface area contributed by atoms with Gasteiger partial charge >= 0.3 is 0 Å². The van der Waals surface area contributed by atoms with Gasteiger partial charge < -0.3 is 31.5 Å². The third-order valence-corrected chi connectivity index (χ3v) is 2.73. The highest BCUT2D eigenvalue weighted by Crippen LogP contribution is 2.29. The predicted octanol–water partition coefficient (Wildman–Crippen LogP) is -3.33. The highest BCUT2D eigenvalue weighted by Gasteiger charge is 2.47. The molecule has 0 heterocycles. The van der Waals surface area contributed by atoms with E-state index in [4.69, 9.17) is 5.73 Å². The minimum atomic E-state index is -1.85. The quantitative estimate of drug-likeness (QED) is 0.302. The van der Waals surface area contributed by atoms with Crippen molar-refractivity contribution in [1.29, 1.82) is 0 Å². The molecule has 1 aliphatic rings. The van der Waals surface area contributed by atoms with E-state index in [0.717, 1.165) is 0 Å². The number of carbonyl (C=O) groups is 1. The second kappa shape index (κ2) is 5.07. The molecule has 0 radical (unpaired) electrons. The fraction of sp³-hybridized carbons (Fsp3) is 0.889. The van der Waals surface area contributed by atoms with E-state index >= 15 is 0 Å². The zero-order valence-electron chi connectivity index (χ0n) is 8.83. The molecular formula is C9H18N2O5. The average molecular weight is 234 g/mol. The Hall–Kier alpha value is -0.730. The van der Waals surface area contributed by atoms with Gasteiger partial charge in [0.2, 0.25) is 0 Å². The minimum Gasteiger partial charge on any atom is -0.390 e. The molecule has 0 unspecified atom stereocenters. The standard InChI is InChI=1S/C9H18N2O5/c10-1-2-11-8(15)9(16)3-5(12)7(14)6(13)4-9/h5-7,12-14,16H,1-4,10H2,(H,11,15)/t5-,6-,7?,9?/m1/s1. The number of hydrogen-bond donors (Lipinski definition) is 6. The van der Waals surface area contributed by atoms with E-state index in [0.29, 0.717) is 0 Å². The van der Waals surface area contributed by atoms with Gasteiger partial charge in [0.15, 0.2) is 0 Å². The van der Waals surface area contributed by atoms with Gasteiger partial charge in [0, 0.05) is 25.9 Å². The van der Waals surface area contributed by atoms with Gasteiger partial charge in [-0.05, 0) is 0 Å². The van der Waals surface area contributed by atoms with Crippen LogP contribution in [-0.4, -0.2) is 63.3 Å². The molecule has 1 amide bonds. The summed E-state index contributed by atoms with van der Waals surface area (Å²) in [5.74, 6) is -0.692. The van der Waals surface area contributed by atoms with Crippen molar-refractivity contribution in [3.8, 4) is 0 Å². The van der Waals surface area contributed by atoms with Crippen LogP contribution in [0.2, 0.25) is 0 Å². The van der Waals surface area contributed by atoms with Crippen LogP contribution >= 0.6 is 0 Å². The Morgan fingerprint density at radius 3 is 2.25 bits per heavy atom. The molecule has 0 aliphatic heterocycles. The van der Waals surface area contributed by atoms with Gasteiger partial charge in [-0.3, -0.25) is 4.79 Å². The maximum Gasteiger partial charge on any atom is 0.252 e. The zero-order valence-corrected chi connectivity index (χ0v) is 8.83. The maximum atomic E-state index is 11.6. The first kappa shape index (κ1) is 13.3. The molecule has 7 nitrogen and oxygen atoms in total. The number of aliphatic hydroxyl groups excluding tert-OH is 3. The fourth-order valence-electron chi connectivity index (χ4n) is 1.81. The summed E-state index contributed by atoms with van der Waals surface area (Å²) in [5.41, 5.74) is 3.34. The molecule has 2 atom stereocenters. The van der Waals surface area contributed by atoms with E-state index in [-0.39, 0.29) is 25.9 Å². The Morgan fingerprint density at radius 2 is 1.81 bits per heavy atom. The first-order valence-electron chi connectivity index (χ1n) is 5.15. The molecular weight excluding hydrogens is 216 g/mol. The molecule has 1 rings (SSSR count). The van der Waals surface area contributed by atoms with Crippen LogP contribution in [0.3, 0.4) is 0 Å². The number of hydrogen-bond acceptors (Lipinski definition) is 6. The summed E-state index contributed by atoms with van der Waals surface area (Å²) in [4.78, 5) is 11.6. The van der Waals surface area contributed by atoms with Crippen LogP contribution in [-0.2, 0) is 4.79 Å². The Kier molecular flexibility index (Phi) is 4.22. The first-order chi connectivity index (χ1) is 7.40. The summed E-state index contributed by atoms with van der Waals surface area (Å²) in [5, 5.41) is 40.4. The largest absolute Gasteiger partial charge is 0.390 e. The number of carbonyl (C=O) groups excluding carboxylic acids is 1. The number of nitrogens with two attached hydrogens (primary N) is 1. The van der Waals surface area contributed by atoms with Crippen molar-refractivity contribution in [2.24, 2.45) is 5.73 Å². The van der Waals surface area contributed by atoms with Gasteiger partial charge in [-0.15, -0.1) is 0 Å². The lowest BCUT2D eigenvalue weighted by Gasteiger charge is -2.39. The third kappa shape index (κ3) is 2.69. The number of aliphatic hydroxyl groups is 4. The van der Waals surface area contributed by atoms with Crippen LogP contribution < -0.4 is 11.1 Å². The molecule has 94 valence electrons. The van der Waals surface area contributed by atoms with E-state index in [2.05, 4.69) is 5.32 Å². The molecule has 1 saturated carbocycles. The zero-order chi connectivity index (χ0) is 12.3. The van der Waals surface area contributed by atoms with Crippen LogP contribution in [0.25, 0.3) is 0 Å². The van der Waals surface area contributed by atoms with Crippen molar-refractivity contribution >= 4 is 5.91 Å². The molecule has 7 N–H and O–H groups in total. The van der Waals surface area contributed by atoms with Gasteiger partial charge in [0.05, 0.1) is 12.2 Å². The highest BCUT2D eigenvalue weighted by atomic mass is 16.4. The van der Waals surface area contributed by atoms with Gasteiger partial charge in [-0.1, -0.05) is 0 Å². The summed E-state index contributed by atoms with van der Waals surface area (Å²) < 4.78 is 0. The second-order valence-electron chi connectivity index (χ2n) is 4.11. The fourth-order valence-corrected chi connectivity index (χ4v) is 1.81. The van der Waals surface area contributed by atoms with E-state index in [9.17, 15) is 25.2 Å². The predicted molar refractivity (Wildman–Crippen MR) is 54.3 cm³/mol. The van der Waals surface area contributed by atoms with Gasteiger partial charge in [0.25, 0.3) is 5.91 Å². The molecule has 1 fully saturated rings. The van der Waals surface area contributed by atoms with E-state index < -0.39 is 29.8 Å². The number of rotatable bonds is 3. The highest BCUT2D eigenvalue weighted by molar-refractivity contribution is 5.85. The maximum absolute atomic E-state index is 11.6. The van der Waals surface area contributed by atoms with Crippen molar-refractivity contribution in [3.63, 3.8) is 0 Å². The lowest BCUT2D eigenvalue weighted by atomic mass is 9.79. The Morgan fingerprint density at radius 1 is 1.31 bits per heavy atom. The van der Waals surface area contributed by atoms with Gasteiger partial charge in [-0.25, -0.2) is 0 Å². The van der Waals surface area contributed by atoms with Crippen molar-refractivity contribution < 1.29 is 25.2 Å². The van der Waals surface area contributed by atoms with E-state index in [1.165, 1.54) is 0 Å². The summed E-state index contributed by atoms with van der Waals surface area (Å²) in [6.07, 6.45) is -4.58. The molecule has 0 aromatic rings. The average Bonchev–Trinajstić information content (AvgIpc) is 2.22. The monoisotopic (exact) mass is 234 g/mol. The van der Waals surface area contributed by atoms with E-state index in [1.807, 2.05) is 0 Å². The van der Waals surface area contributed by atoms with Crippen molar-refractivity contribution in [2.45, 2.75) is 36.8 Å². The molecule has 7 heteroatoms. The first-order valence-corrected chi connectivity index (χ1v) is 5.15. The van der Waals surface area contributed by atoms with Crippen molar-refractivity contribution in [3.05, 3.63) is 0 Å². The summed E-state index contributed by atoms with van der Waals surface area (Å²) in [7, 11) is 0. The molecule has 0 aromatic heterocycles. The smallest absolute Gasteiger partial charge is 0.252 e. The summed E-state index contributed by atoms with van der Waals surface area (Å²) in [6.45, 7) is 0.436. The van der Waals surface area contributed by atoms with Crippen LogP contribution in [0.1, 0.15) is 12.8 Å². The van der Waals surface area contributed by atoms with Crippen molar-refractivity contribution in [1.82, 2.24) is 5.32 Å². The SMILES string of the molecule is NCCNC(=O)C1(O)C[C@@H](O)C(O)[C@H](O)C1. The van der Waals surface area contributed by atoms with E-state index in [1.54, 1.807) is 0 Å². The lowest BCUT2D eigenvalue weighted by Crippen LogP contribution is -2.59. The van der Waals surface area contributed by atoms with Crippen molar-refractivity contribution in [2.75, 3.05) is 13.1 Å². The molecule has 1 aliphatic carbocycles. The van der Waals surface area contributed by atoms with Gasteiger partial charge in [0.1, 0.15) is 11.7 Å². The lowest BCUT2D eigenvalue weighted by molar-refractivity contribution is -0.172. The minimum absolute atomic E-state index is 0.204. The van der Waals surface area contributed by atoms with Gasteiger partial charge in [-0.2, -0.15) is 0 Å². The number of nitrogens with one attached hydrogen (secondary N) is 1. The molecule has 0 bridgehead atoms. The molecule has 16 heavy (non-hydrogen) atoms. The van der Waals surface area contributed by atoms with Crippen LogP contribution in [0.5, 0.6) is 0 Å². The van der Waals surface area contributed by atoms with Crippen LogP contribution in [0.15, 0.2) is 0 Å². The number of amides is 1. The van der Waals surface area contributed by atoms with Crippen LogP contribution in [0, 0.1) is 0 Å². The molecule has 0 saturated heterocycles.